The van der Waals surface area contributed by atoms with E-state index >= 15 is 0 Å². The van der Waals surface area contributed by atoms with E-state index in [9.17, 15) is 26.3 Å². The van der Waals surface area contributed by atoms with E-state index in [2.05, 4.69) is 6.58 Å². The predicted octanol–water partition coefficient (Wildman–Crippen LogP) is 7.04. The number of aryl methyl sites for hydroxylation is 1. The van der Waals surface area contributed by atoms with Crippen LogP contribution in [0.15, 0.2) is 60.2 Å². The molecule has 0 N–H and O–H groups in total. The lowest BCUT2D eigenvalue weighted by Crippen LogP contribution is -2.13. The Morgan fingerprint density at radius 3 is 2.08 bits per heavy atom. The van der Waals surface area contributed by atoms with Gasteiger partial charge in [0.25, 0.3) is 0 Å². The minimum absolute atomic E-state index is 0.0732. The van der Waals surface area contributed by atoms with Crippen LogP contribution in [0, 0.1) is 6.92 Å². The van der Waals surface area contributed by atoms with Crippen molar-refractivity contribution in [3.8, 4) is 0 Å². The average Bonchev–Trinajstić information content (AvgIpc) is 2.44. The third-order valence-electron chi connectivity index (χ3n) is 3.45. The molecule has 0 saturated heterocycles. The van der Waals surface area contributed by atoms with Crippen LogP contribution in [0.5, 0.6) is 0 Å². The highest BCUT2D eigenvalue weighted by Crippen LogP contribution is 2.37. The molecule has 136 valence electrons. The Kier molecular flexibility index (Phi) is 6.46. The van der Waals surface area contributed by atoms with Crippen molar-refractivity contribution >= 4 is 5.57 Å². The molecule has 0 spiro atoms. The predicted molar refractivity (Wildman–Crippen MR) is 87.9 cm³/mol. The summed E-state index contributed by atoms with van der Waals surface area (Å²) in [6, 6.07) is 2.67. The first-order valence-corrected chi connectivity index (χ1v) is 7.35. The Balaban J connectivity index is 3.73. The smallest absolute Gasteiger partial charge is 0.166 e. The summed E-state index contributed by atoms with van der Waals surface area (Å²) in [6.07, 6.45) is -4.01. The van der Waals surface area contributed by atoms with E-state index in [0.29, 0.717) is 11.6 Å². The molecule has 1 aromatic rings. The van der Waals surface area contributed by atoms with Crippen molar-refractivity contribution in [2.24, 2.45) is 0 Å². The summed E-state index contributed by atoms with van der Waals surface area (Å²) in [5.41, 5.74) is -1.43. The van der Waals surface area contributed by atoms with Crippen molar-refractivity contribution in [2.45, 2.75) is 33.1 Å². The molecule has 0 fully saturated rings. The SMILES string of the molecule is C=C\C(=C(/C=C(C)/C=C\C)c1ccc(C(F)(F)F)cc1C)C(F)(F)F. The summed E-state index contributed by atoms with van der Waals surface area (Å²) < 4.78 is 78.4. The Bertz CT molecular complexity index is 727. The molecule has 0 amide bonds. The molecule has 6 heteroatoms. The maximum atomic E-state index is 13.3. The minimum atomic E-state index is -4.68. The second kappa shape index (κ2) is 7.76. The minimum Gasteiger partial charge on any atom is -0.166 e. The van der Waals surface area contributed by atoms with Gasteiger partial charge < -0.3 is 0 Å². The summed E-state index contributed by atoms with van der Waals surface area (Å²) >= 11 is 0. The van der Waals surface area contributed by atoms with Gasteiger partial charge in [-0.2, -0.15) is 26.3 Å². The Morgan fingerprint density at radius 2 is 1.68 bits per heavy atom. The van der Waals surface area contributed by atoms with Crippen LogP contribution in [0.3, 0.4) is 0 Å². The number of hydrogen-bond acceptors (Lipinski definition) is 0. The van der Waals surface area contributed by atoms with Crippen LogP contribution in [0.1, 0.15) is 30.5 Å². The summed E-state index contributed by atoms with van der Waals surface area (Å²) in [7, 11) is 0. The molecule has 25 heavy (non-hydrogen) atoms. The molecule has 0 bridgehead atoms. The molecule has 0 aromatic heterocycles. The summed E-state index contributed by atoms with van der Waals surface area (Å²) in [4.78, 5) is 0. The Hall–Kier alpha value is -2.24. The normalized spacial score (nSPS) is 14.7. The van der Waals surface area contributed by atoms with E-state index in [-0.39, 0.29) is 16.7 Å². The zero-order chi connectivity index (χ0) is 19.4. The Morgan fingerprint density at radius 1 is 1.08 bits per heavy atom. The van der Waals surface area contributed by atoms with E-state index in [1.54, 1.807) is 26.0 Å². The van der Waals surface area contributed by atoms with Crippen LogP contribution in [-0.4, -0.2) is 6.18 Å². The lowest BCUT2D eigenvalue weighted by atomic mass is 9.92. The molecule has 0 aliphatic carbocycles. The van der Waals surface area contributed by atoms with E-state index in [4.69, 9.17) is 0 Å². The van der Waals surface area contributed by atoms with Gasteiger partial charge in [0.05, 0.1) is 11.1 Å². The van der Waals surface area contributed by atoms with Crippen molar-refractivity contribution in [3.63, 3.8) is 0 Å². The van der Waals surface area contributed by atoms with Crippen molar-refractivity contribution in [3.05, 3.63) is 76.9 Å². The molecular weight excluding hydrogens is 342 g/mol. The fourth-order valence-corrected chi connectivity index (χ4v) is 2.36. The number of benzene rings is 1. The van der Waals surface area contributed by atoms with Crippen LogP contribution in [0.25, 0.3) is 5.57 Å². The fourth-order valence-electron chi connectivity index (χ4n) is 2.36. The first-order valence-electron chi connectivity index (χ1n) is 7.35. The largest absolute Gasteiger partial charge is 0.416 e. The first kappa shape index (κ1) is 20.8. The second-order valence-electron chi connectivity index (χ2n) is 5.45. The Labute approximate surface area is 142 Å². The molecule has 1 rings (SSSR count). The van der Waals surface area contributed by atoms with Crippen molar-refractivity contribution in [1.82, 2.24) is 0 Å². The molecule has 0 aliphatic rings. The zero-order valence-electron chi connectivity index (χ0n) is 14.0. The van der Waals surface area contributed by atoms with Crippen molar-refractivity contribution < 1.29 is 26.3 Å². The standard InChI is InChI=1S/C19H18F6/c1-5-7-12(3)10-16(17(6-2)19(23,24)25)15-9-8-14(11-13(15)4)18(20,21)22/h5-11H,2H2,1,3-4H3/b7-5-,12-10+,17-16-. The van der Waals surface area contributed by atoms with Crippen molar-refractivity contribution in [2.75, 3.05) is 0 Å². The lowest BCUT2D eigenvalue weighted by molar-refractivity contribution is -0.137. The van der Waals surface area contributed by atoms with Crippen LogP contribution < -0.4 is 0 Å². The maximum Gasteiger partial charge on any atom is 0.416 e. The monoisotopic (exact) mass is 360 g/mol. The average molecular weight is 360 g/mol. The highest BCUT2D eigenvalue weighted by atomic mass is 19.4. The lowest BCUT2D eigenvalue weighted by Gasteiger charge is -2.17. The molecule has 0 saturated carbocycles. The van der Waals surface area contributed by atoms with Gasteiger partial charge in [-0.1, -0.05) is 42.5 Å². The van der Waals surface area contributed by atoms with Gasteiger partial charge in [-0.15, -0.1) is 0 Å². The highest BCUT2D eigenvalue weighted by molar-refractivity contribution is 5.82. The quantitative estimate of drug-likeness (QED) is 0.399. The van der Waals surface area contributed by atoms with Crippen LogP contribution in [-0.2, 0) is 6.18 Å². The molecular formula is C19H18F6. The third-order valence-corrected chi connectivity index (χ3v) is 3.45. The first-order chi connectivity index (χ1) is 11.4. The second-order valence-corrected chi connectivity index (χ2v) is 5.45. The van der Waals surface area contributed by atoms with Gasteiger partial charge in [-0.05, 0) is 49.6 Å². The molecule has 0 unspecified atom stereocenters. The van der Waals surface area contributed by atoms with Crippen molar-refractivity contribution in [1.29, 1.82) is 0 Å². The van der Waals surface area contributed by atoms with Gasteiger partial charge in [-0.3, -0.25) is 0 Å². The van der Waals surface area contributed by atoms with E-state index < -0.39 is 23.5 Å². The van der Waals surface area contributed by atoms with E-state index in [1.807, 2.05) is 0 Å². The van der Waals surface area contributed by atoms with Gasteiger partial charge in [0.15, 0.2) is 0 Å². The summed E-state index contributed by atoms with van der Waals surface area (Å²) in [6.45, 7) is 7.87. The van der Waals surface area contributed by atoms with Gasteiger partial charge in [-0.25, -0.2) is 0 Å². The topological polar surface area (TPSA) is 0 Å². The number of halogens is 6. The highest BCUT2D eigenvalue weighted by Gasteiger charge is 2.35. The van der Waals surface area contributed by atoms with E-state index in [0.717, 1.165) is 18.2 Å². The zero-order valence-corrected chi connectivity index (χ0v) is 14.0. The molecule has 0 aliphatic heterocycles. The molecule has 1 aromatic carbocycles. The van der Waals surface area contributed by atoms with E-state index in [1.165, 1.54) is 13.0 Å². The number of alkyl halides is 6. The number of hydrogen-bond donors (Lipinski definition) is 0. The molecule has 0 atom stereocenters. The molecule has 0 heterocycles. The maximum absolute atomic E-state index is 13.3. The third kappa shape index (κ3) is 5.37. The fraction of sp³-hybridized carbons (Fsp3) is 0.263. The summed E-state index contributed by atoms with van der Waals surface area (Å²) in [5, 5.41) is 0. The van der Waals surface area contributed by atoms with Crippen LogP contribution >= 0.6 is 0 Å². The van der Waals surface area contributed by atoms with Gasteiger partial charge in [0, 0.05) is 0 Å². The van der Waals surface area contributed by atoms with Crippen LogP contribution in [0.2, 0.25) is 0 Å². The number of allylic oxidation sites excluding steroid dienone is 7. The summed E-state index contributed by atoms with van der Waals surface area (Å²) in [5.74, 6) is 0. The molecule has 0 nitrogen and oxygen atoms in total. The number of rotatable bonds is 4. The molecule has 0 radical (unpaired) electrons. The van der Waals surface area contributed by atoms with Gasteiger partial charge >= 0.3 is 12.4 Å². The van der Waals surface area contributed by atoms with Gasteiger partial charge in [0.1, 0.15) is 0 Å². The van der Waals surface area contributed by atoms with Crippen LogP contribution in [0.4, 0.5) is 26.3 Å². The van der Waals surface area contributed by atoms with Gasteiger partial charge in [0.2, 0.25) is 0 Å².